The van der Waals surface area contributed by atoms with Gasteiger partial charge in [-0.3, -0.25) is 4.98 Å². The van der Waals surface area contributed by atoms with Crippen LogP contribution in [0.4, 0.5) is 5.82 Å². The Kier molecular flexibility index (Phi) is 5.01. The van der Waals surface area contributed by atoms with Crippen LogP contribution in [0.5, 0.6) is 0 Å². The van der Waals surface area contributed by atoms with Crippen LogP contribution in [0.15, 0.2) is 41.6 Å². The quantitative estimate of drug-likeness (QED) is 0.877. The molecule has 2 rings (SSSR count). The molecule has 7 heteroatoms. The molecule has 1 aromatic heterocycles. The zero-order valence-corrected chi connectivity index (χ0v) is 14.6. The lowest BCUT2D eigenvalue weighted by Crippen LogP contribution is -2.40. The molecule has 0 radical (unpaired) electrons. The number of hydrogen-bond donors (Lipinski definition) is 2. The minimum atomic E-state index is -3.59. The number of nitrogens with zero attached hydrogens (tertiary/aromatic N) is 2. The normalized spacial score (nSPS) is 12.2. The molecule has 0 spiro atoms. The molecule has 1 aromatic carbocycles. The molecule has 0 aliphatic carbocycles. The average molecular weight is 334 g/mol. The van der Waals surface area contributed by atoms with Crippen LogP contribution in [0.2, 0.25) is 0 Å². The van der Waals surface area contributed by atoms with E-state index in [1.54, 1.807) is 30.6 Å². The topological polar surface area (TPSA) is 84.0 Å². The first-order valence-electron chi connectivity index (χ1n) is 7.32. The van der Waals surface area contributed by atoms with Gasteiger partial charge in [-0.25, -0.2) is 18.1 Å². The second kappa shape index (κ2) is 6.64. The Balaban J connectivity index is 2.24. The largest absolute Gasteiger partial charge is 0.365 e. The summed E-state index contributed by atoms with van der Waals surface area (Å²) in [5.74, 6) is 0.612. The fourth-order valence-corrected chi connectivity index (χ4v) is 3.76. The minimum Gasteiger partial charge on any atom is -0.365 e. The van der Waals surface area contributed by atoms with Gasteiger partial charge in [0.1, 0.15) is 5.82 Å². The van der Waals surface area contributed by atoms with Crippen molar-refractivity contribution in [1.29, 1.82) is 0 Å². The van der Waals surface area contributed by atoms with E-state index in [4.69, 9.17) is 0 Å². The molecule has 0 saturated carbocycles. The first kappa shape index (κ1) is 17.4. The number of sulfonamides is 1. The van der Waals surface area contributed by atoms with Crippen molar-refractivity contribution in [3.63, 3.8) is 0 Å². The van der Waals surface area contributed by atoms with Crippen molar-refractivity contribution in [2.24, 2.45) is 0 Å². The molecule has 6 nitrogen and oxygen atoms in total. The molecule has 0 amide bonds. The Hall–Kier alpha value is -1.99. The molecule has 124 valence electrons. The molecule has 0 bridgehead atoms. The van der Waals surface area contributed by atoms with Gasteiger partial charge in [0.2, 0.25) is 10.0 Å². The number of aromatic nitrogens is 2. The van der Waals surface area contributed by atoms with Crippen molar-refractivity contribution in [3.8, 4) is 0 Å². The van der Waals surface area contributed by atoms with Gasteiger partial charge in [0.25, 0.3) is 0 Å². The van der Waals surface area contributed by atoms with Crippen molar-refractivity contribution >= 4 is 15.8 Å². The second-order valence-corrected chi connectivity index (χ2v) is 8.01. The molecule has 0 fully saturated rings. The van der Waals surface area contributed by atoms with Crippen molar-refractivity contribution in [3.05, 3.63) is 47.9 Å². The van der Waals surface area contributed by atoms with Crippen LogP contribution in [0.25, 0.3) is 0 Å². The molecule has 0 saturated heterocycles. The third kappa shape index (κ3) is 5.01. The van der Waals surface area contributed by atoms with Gasteiger partial charge < -0.3 is 5.32 Å². The fraction of sp³-hybridized carbons (Fsp3) is 0.375. The highest BCUT2D eigenvalue weighted by Gasteiger charge is 2.24. The number of nitrogens with one attached hydrogen (secondary N) is 2. The lowest BCUT2D eigenvalue weighted by molar-refractivity contribution is 0.491. The Labute approximate surface area is 137 Å². The Morgan fingerprint density at radius 2 is 1.83 bits per heavy atom. The summed E-state index contributed by atoms with van der Waals surface area (Å²) in [6, 6.07) is 6.92. The summed E-state index contributed by atoms with van der Waals surface area (Å²) in [5, 5.41) is 3.11. The summed E-state index contributed by atoms with van der Waals surface area (Å²) in [4.78, 5) is 8.63. The molecular formula is C16H22N4O2S. The summed E-state index contributed by atoms with van der Waals surface area (Å²) in [6.45, 7) is 7.64. The standard InChI is InChI=1S/C16H22N4O2S/c1-12-9-17-11-15(19-12)18-10-13-7-5-6-8-14(13)23(21,22)20-16(2,3)4/h5-9,11,20H,10H2,1-4H3,(H,18,19). The van der Waals surface area contributed by atoms with E-state index in [9.17, 15) is 8.42 Å². The van der Waals surface area contributed by atoms with Crippen LogP contribution in [0.3, 0.4) is 0 Å². The van der Waals surface area contributed by atoms with Gasteiger partial charge in [-0.05, 0) is 39.3 Å². The van der Waals surface area contributed by atoms with Crippen LogP contribution in [0.1, 0.15) is 32.0 Å². The lowest BCUT2D eigenvalue weighted by atomic mass is 10.1. The van der Waals surface area contributed by atoms with E-state index in [0.717, 1.165) is 5.69 Å². The minimum absolute atomic E-state index is 0.267. The molecule has 0 atom stereocenters. The number of anilines is 1. The van der Waals surface area contributed by atoms with Crippen LogP contribution < -0.4 is 10.0 Å². The second-order valence-electron chi connectivity index (χ2n) is 6.36. The van der Waals surface area contributed by atoms with E-state index in [1.807, 2.05) is 33.8 Å². The van der Waals surface area contributed by atoms with Gasteiger partial charge >= 0.3 is 0 Å². The summed E-state index contributed by atoms with van der Waals surface area (Å²) in [7, 11) is -3.59. The number of hydrogen-bond acceptors (Lipinski definition) is 5. The van der Waals surface area contributed by atoms with Crippen molar-refractivity contribution in [1.82, 2.24) is 14.7 Å². The zero-order valence-electron chi connectivity index (χ0n) is 13.8. The highest BCUT2D eigenvalue weighted by molar-refractivity contribution is 7.89. The maximum atomic E-state index is 12.6. The smallest absolute Gasteiger partial charge is 0.241 e. The molecule has 1 heterocycles. The Morgan fingerprint density at radius 3 is 2.48 bits per heavy atom. The summed E-state index contributed by atoms with van der Waals surface area (Å²) in [6.07, 6.45) is 3.27. The molecule has 2 aromatic rings. The van der Waals surface area contributed by atoms with Crippen LogP contribution >= 0.6 is 0 Å². The molecule has 23 heavy (non-hydrogen) atoms. The Morgan fingerprint density at radius 1 is 1.13 bits per heavy atom. The predicted octanol–water partition coefficient (Wildman–Crippen LogP) is 2.47. The van der Waals surface area contributed by atoms with E-state index < -0.39 is 15.6 Å². The molecule has 0 aliphatic rings. The highest BCUT2D eigenvalue weighted by atomic mass is 32.2. The third-order valence-corrected chi connectivity index (χ3v) is 4.78. The van der Waals surface area contributed by atoms with Gasteiger partial charge in [0.15, 0.2) is 0 Å². The van der Waals surface area contributed by atoms with Crippen molar-refractivity contribution in [2.75, 3.05) is 5.32 Å². The maximum absolute atomic E-state index is 12.6. The fourth-order valence-electron chi connectivity index (χ4n) is 2.10. The van der Waals surface area contributed by atoms with E-state index in [2.05, 4.69) is 20.0 Å². The molecule has 2 N–H and O–H groups in total. The van der Waals surface area contributed by atoms with E-state index >= 15 is 0 Å². The molecule has 0 unspecified atom stereocenters. The average Bonchev–Trinajstić information content (AvgIpc) is 2.43. The predicted molar refractivity (Wildman–Crippen MR) is 90.6 cm³/mol. The molecular weight excluding hydrogens is 312 g/mol. The highest BCUT2D eigenvalue weighted by Crippen LogP contribution is 2.18. The third-order valence-electron chi connectivity index (χ3n) is 2.92. The summed E-state index contributed by atoms with van der Waals surface area (Å²) in [5.41, 5.74) is 0.930. The van der Waals surface area contributed by atoms with Gasteiger partial charge in [0, 0.05) is 18.3 Å². The van der Waals surface area contributed by atoms with Gasteiger partial charge in [-0.15, -0.1) is 0 Å². The van der Waals surface area contributed by atoms with Gasteiger partial charge in [-0.2, -0.15) is 0 Å². The van der Waals surface area contributed by atoms with Crippen LogP contribution in [-0.2, 0) is 16.6 Å². The molecule has 0 aliphatic heterocycles. The number of benzene rings is 1. The summed E-state index contributed by atoms with van der Waals surface area (Å²) < 4.78 is 27.8. The van der Waals surface area contributed by atoms with Crippen LogP contribution in [-0.4, -0.2) is 23.9 Å². The van der Waals surface area contributed by atoms with Crippen molar-refractivity contribution in [2.45, 2.75) is 44.7 Å². The Bertz CT molecular complexity index is 783. The van der Waals surface area contributed by atoms with E-state index in [1.165, 1.54) is 0 Å². The lowest BCUT2D eigenvalue weighted by Gasteiger charge is -2.21. The van der Waals surface area contributed by atoms with E-state index in [0.29, 0.717) is 17.9 Å². The van der Waals surface area contributed by atoms with Crippen LogP contribution in [0, 0.1) is 6.92 Å². The monoisotopic (exact) mass is 334 g/mol. The van der Waals surface area contributed by atoms with Gasteiger partial charge in [-0.1, -0.05) is 18.2 Å². The summed E-state index contributed by atoms with van der Waals surface area (Å²) >= 11 is 0. The van der Waals surface area contributed by atoms with Crippen molar-refractivity contribution < 1.29 is 8.42 Å². The first-order chi connectivity index (χ1) is 10.7. The SMILES string of the molecule is Cc1cncc(NCc2ccccc2S(=O)(=O)NC(C)(C)C)n1. The van der Waals surface area contributed by atoms with E-state index in [-0.39, 0.29) is 4.90 Å². The maximum Gasteiger partial charge on any atom is 0.241 e. The van der Waals surface area contributed by atoms with Gasteiger partial charge in [0.05, 0.1) is 16.8 Å². The number of aryl methyl sites for hydroxylation is 1. The first-order valence-corrected chi connectivity index (χ1v) is 8.80. The number of rotatable bonds is 5. The zero-order chi connectivity index (χ0) is 17.1.